The van der Waals surface area contributed by atoms with Gasteiger partial charge in [-0.3, -0.25) is 4.52 Å². The van der Waals surface area contributed by atoms with Gasteiger partial charge in [-0.2, -0.15) is 0 Å². The first-order valence-electron chi connectivity index (χ1n) is 3.13. The van der Waals surface area contributed by atoms with Crippen LogP contribution < -0.4 is 0 Å². The average Bonchev–Trinajstić information content (AvgIpc) is 2.32. The SMILES string of the molecule is O=P(O)(O)O[C@@H]1CO[C@@H](CO)O1. The maximum absolute atomic E-state index is 10.3. The maximum Gasteiger partial charge on any atom is 0.472 e. The van der Waals surface area contributed by atoms with Gasteiger partial charge in [-0.25, -0.2) is 4.57 Å². The van der Waals surface area contributed by atoms with Crippen molar-refractivity contribution in [1.29, 1.82) is 0 Å². The number of aliphatic hydroxyl groups is 1. The molecule has 0 aliphatic carbocycles. The second kappa shape index (κ2) is 3.80. The molecule has 1 fully saturated rings. The van der Waals surface area contributed by atoms with Gasteiger partial charge in [-0.05, 0) is 0 Å². The molecular weight excluding hydrogens is 191 g/mol. The first-order valence-corrected chi connectivity index (χ1v) is 4.66. The van der Waals surface area contributed by atoms with Gasteiger partial charge in [0, 0.05) is 0 Å². The van der Waals surface area contributed by atoms with E-state index in [1.165, 1.54) is 0 Å². The fraction of sp³-hybridized carbons (Fsp3) is 1.00. The lowest BCUT2D eigenvalue weighted by molar-refractivity contribution is -0.128. The van der Waals surface area contributed by atoms with Crippen molar-refractivity contribution in [2.45, 2.75) is 12.6 Å². The predicted octanol–water partition coefficient (Wildman–Crippen LogP) is -1.21. The van der Waals surface area contributed by atoms with Crippen LogP contribution in [-0.2, 0) is 18.6 Å². The number of hydrogen-bond donors (Lipinski definition) is 3. The Balaban J connectivity index is 2.33. The van der Waals surface area contributed by atoms with E-state index in [0.29, 0.717) is 0 Å². The third kappa shape index (κ3) is 3.16. The molecule has 3 N–H and O–H groups in total. The molecule has 0 spiro atoms. The highest BCUT2D eigenvalue weighted by atomic mass is 31.2. The summed E-state index contributed by atoms with van der Waals surface area (Å²) in [6.45, 7) is -0.475. The van der Waals surface area contributed by atoms with Crippen molar-refractivity contribution in [2.24, 2.45) is 0 Å². The molecule has 0 saturated carbocycles. The van der Waals surface area contributed by atoms with E-state index in [-0.39, 0.29) is 13.2 Å². The average molecular weight is 200 g/mol. The zero-order valence-corrected chi connectivity index (χ0v) is 6.89. The molecule has 0 bridgehead atoms. The minimum atomic E-state index is -4.54. The number of rotatable bonds is 3. The summed E-state index contributed by atoms with van der Waals surface area (Å²) < 4.78 is 23.8. The number of aliphatic hydroxyl groups excluding tert-OH is 1. The van der Waals surface area contributed by atoms with Gasteiger partial charge in [0.05, 0.1) is 6.61 Å². The monoisotopic (exact) mass is 200 g/mol. The zero-order valence-electron chi connectivity index (χ0n) is 5.99. The van der Waals surface area contributed by atoms with Gasteiger partial charge in [0.25, 0.3) is 0 Å². The first kappa shape index (κ1) is 10.1. The topological polar surface area (TPSA) is 105 Å². The third-order valence-corrected chi connectivity index (χ3v) is 1.64. The molecule has 8 heteroatoms. The fourth-order valence-electron chi connectivity index (χ4n) is 0.738. The van der Waals surface area contributed by atoms with Crippen LogP contribution in [0.2, 0.25) is 0 Å². The molecule has 1 aliphatic heterocycles. The number of phosphoric acid groups is 1. The Kier molecular flexibility index (Phi) is 3.19. The van der Waals surface area contributed by atoms with Gasteiger partial charge >= 0.3 is 7.82 Å². The van der Waals surface area contributed by atoms with Gasteiger partial charge in [-0.15, -0.1) is 0 Å². The summed E-state index contributed by atoms with van der Waals surface area (Å²) in [4.78, 5) is 16.7. The Morgan fingerprint density at radius 1 is 1.58 bits per heavy atom. The van der Waals surface area contributed by atoms with E-state index in [9.17, 15) is 4.57 Å². The van der Waals surface area contributed by atoms with Crippen molar-refractivity contribution in [1.82, 2.24) is 0 Å². The van der Waals surface area contributed by atoms with Crippen LogP contribution in [0.5, 0.6) is 0 Å². The van der Waals surface area contributed by atoms with Gasteiger partial charge < -0.3 is 24.4 Å². The summed E-state index contributed by atoms with van der Waals surface area (Å²) in [7, 11) is -4.54. The molecule has 1 saturated heterocycles. The van der Waals surface area contributed by atoms with Gasteiger partial charge in [0.2, 0.25) is 0 Å². The molecule has 1 aliphatic rings. The van der Waals surface area contributed by atoms with E-state index in [1.807, 2.05) is 0 Å². The molecule has 2 atom stereocenters. The van der Waals surface area contributed by atoms with E-state index in [1.54, 1.807) is 0 Å². The predicted molar refractivity (Wildman–Crippen MR) is 34.8 cm³/mol. The molecule has 1 heterocycles. The van der Waals surface area contributed by atoms with E-state index in [4.69, 9.17) is 24.4 Å². The minimum Gasteiger partial charge on any atom is -0.391 e. The lowest BCUT2D eigenvalue weighted by Crippen LogP contribution is -2.17. The third-order valence-electron chi connectivity index (χ3n) is 1.13. The van der Waals surface area contributed by atoms with Crippen LogP contribution in [0.1, 0.15) is 0 Å². The van der Waals surface area contributed by atoms with Crippen molar-refractivity contribution >= 4 is 7.82 Å². The van der Waals surface area contributed by atoms with Crippen LogP contribution in [0.15, 0.2) is 0 Å². The highest BCUT2D eigenvalue weighted by Crippen LogP contribution is 2.39. The molecule has 0 radical (unpaired) electrons. The molecule has 0 aromatic rings. The smallest absolute Gasteiger partial charge is 0.391 e. The fourth-order valence-corrected chi connectivity index (χ4v) is 1.15. The largest absolute Gasteiger partial charge is 0.472 e. The van der Waals surface area contributed by atoms with Gasteiger partial charge in [-0.1, -0.05) is 0 Å². The van der Waals surface area contributed by atoms with Crippen LogP contribution in [0.3, 0.4) is 0 Å². The zero-order chi connectivity index (χ0) is 9.19. The Morgan fingerprint density at radius 3 is 2.67 bits per heavy atom. The highest BCUT2D eigenvalue weighted by molar-refractivity contribution is 7.46. The number of ether oxygens (including phenoxy) is 2. The standard InChI is InChI=1S/C4H9O7P/c5-1-3-9-2-4(10-3)11-12(6,7)8/h3-5H,1-2H2,(H2,6,7,8)/t3-,4-/m1/s1. The number of hydrogen-bond acceptors (Lipinski definition) is 5. The van der Waals surface area contributed by atoms with Crippen molar-refractivity contribution in [3.05, 3.63) is 0 Å². The van der Waals surface area contributed by atoms with E-state index in [2.05, 4.69) is 4.52 Å². The van der Waals surface area contributed by atoms with E-state index in [0.717, 1.165) is 0 Å². The van der Waals surface area contributed by atoms with Crippen molar-refractivity contribution in [2.75, 3.05) is 13.2 Å². The molecule has 0 amide bonds. The van der Waals surface area contributed by atoms with Gasteiger partial charge in [0.1, 0.15) is 6.61 Å². The quantitative estimate of drug-likeness (QED) is 0.490. The lowest BCUT2D eigenvalue weighted by Gasteiger charge is -2.10. The molecule has 0 unspecified atom stereocenters. The number of phosphoric ester groups is 1. The Bertz CT molecular complexity index is 188. The van der Waals surface area contributed by atoms with Crippen LogP contribution in [0.25, 0.3) is 0 Å². The summed E-state index contributed by atoms with van der Waals surface area (Å²) in [6, 6.07) is 0. The van der Waals surface area contributed by atoms with E-state index < -0.39 is 20.4 Å². The Hall–Kier alpha value is -0.0100. The normalized spacial score (nSPS) is 30.9. The van der Waals surface area contributed by atoms with Crippen molar-refractivity contribution in [3.8, 4) is 0 Å². The van der Waals surface area contributed by atoms with Gasteiger partial charge in [0.15, 0.2) is 12.6 Å². The maximum atomic E-state index is 10.3. The molecule has 1 rings (SSSR count). The molecule has 0 aromatic carbocycles. The summed E-state index contributed by atoms with van der Waals surface area (Å²) in [6.07, 6.45) is -1.97. The van der Waals surface area contributed by atoms with Crippen LogP contribution in [0, 0.1) is 0 Å². The van der Waals surface area contributed by atoms with Crippen molar-refractivity contribution < 1.29 is 33.5 Å². The summed E-state index contributed by atoms with van der Waals surface area (Å²) in [5.74, 6) is 0. The Labute approximate surface area is 68.1 Å². The molecule has 7 nitrogen and oxygen atoms in total. The van der Waals surface area contributed by atoms with Crippen LogP contribution in [-0.4, -0.2) is 40.7 Å². The first-order chi connectivity index (χ1) is 5.51. The van der Waals surface area contributed by atoms with E-state index >= 15 is 0 Å². The minimum absolute atomic E-state index is 0.101. The molecule has 72 valence electrons. The molecule has 12 heavy (non-hydrogen) atoms. The van der Waals surface area contributed by atoms with Crippen molar-refractivity contribution in [3.63, 3.8) is 0 Å². The second-order valence-corrected chi connectivity index (χ2v) is 3.30. The second-order valence-electron chi connectivity index (χ2n) is 2.11. The Morgan fingerprint density at radius 2 is 2.25 bits per heavy atom. The summed E-state index contributed by atoms with van der Waals surface area (Å²) in [5, 5.41) is 8.48. The van der Waals surface area contributed by atoms with Crippen LogP contribution >= 0.6 is 7.82 Å². The summed E-state index contributed by atoms with van der Waals surface area (Å²) in [5.41, 5.74) is 0. The molecule has 0 aromatic heterocycles. The lowest BCUT2D eigenvalue weighted by atomic mass is 10.7. The summed E-state index contributed by atoms with van der Waals surface area (Å²) >= 11 is 0. The molecular formula is C4H9O7P. The highest BCUT2D eigenvalue weighted by Gasteiger charge is 2.31. The van der Waals surface area contributed by atoms with Crippen LogP contribution in [0.4, 0.5) is 0 Å².